The molecule has 212 valence electrons. The van der Waals surface area contributed by atoms with Crippen molar-refractivity contribution in [1.82, 2.24) is 20.3 Å². The lowest BCUT2D eigenvalue weighted by Gasteiger charge is -2.17. The van der Waals surface area contributed by atoms with Crippen molar-refractivity contribution < 1.29 is 32.4 Å². The number of H-pyrrole nitrogens is 1. The Morgan fingerprint density at radius 2 is 2.00 bits per heavy atom. The highest BCUT2D eigenvalue weighted by molar-refractivity contribution is 7.70. The molecule has 1 fully saturated rings. The summed E-state index contributed by atoms with van der Waals surface area (Å²) in [6, 6.07) is 2.86. The topological polar surface area (TPSA) is 155 Å². The maximum absolute atomic E-state index is 14.0. The molecule has 1 saturated carbocycles. The highest BCUT2D eigenvalue weighted by atomic mass is 31.2. The number of nitrogens with zero attached hydrogens (tertiary/aromatic N) is 2. The second-order valence-corrected chi connectivity index (χ2v) is 13.1. The fraction of sp³-hybridized carbons (Fsp3) is 0.480. The number of carboxylic acid groups (broad SMARTS) is 1. The number of hydrogen-bond donors (Lipinski definition) is 5. The van der Waals surface area contributed by atoms with Gasteiger partial charge in [0.25, 0.3) is 0 Å². The van der Waals surface area contributed by atoms with E-state index in [0.717, 1.165) is 25.5 Å². The van der Waals surface area contributed by atoms with Gasteiger partial charge in [-0.3, -0.25) is 0 Å². The average Bonchev–Trinajstić information content (AvgIpc) is 3.48. The number of ether oxygens (including phenoxy) is 1. The smallest absolute Gasteiger partial charge is 0.419 e. The van der Waals surface area contributed by atoms with Gasteiger partial charge >= 0.3 is 12.1 Å². The number of aromatic carboxylic acids is 1. The quantitative estimate of drug-likeness (QED) is 0.173. The van der Waals surface area contributed by atoms with E-state index in [-0.39, 0.29) is 51.1 Å². The number of carboxylic acids is 1. The molecule has 2 aromatic heterocycles. The van der Waals surface area contributed by atoms with Gasteiger partial charge in [0.05, 0.1) is 30.0 Å². The van der Waals surface area contributed by atoms with Crippen molar-refractivity contribution in [2.75, 3.05) is 44.9 Å². The van der Waals surface area contributed by atoms with Gasteiger partial charge in [0, 0.05) is 53.8 Å². The van der Waals surface area contributed by atoms with Gasteiger partial charge in [-0.05, 0) is 38.7 Å². The highest BCUT2D eigenvalue weighted by Gasteiger charge is 2.37. The van der Waals surface area contributed by atoms with Crippen LogP contribution in [0.3, 0.4) is 0 Å². The molecule has 39 heavy (non-hydrogen) atoms. The van der Waals surface area contributed by atoms with Gasteiger partial charge in [0.15, 0.2) is 0 Å². The summed E-state index contributed by atoms with van der Waals surface area (Å²) in [4.78, 5) is 22.8. The molecule has 0 bridgehead atoms. The first-order chi connectivity index (χ1) is 18.4. The maximum atomic E-state index is 14.0. The summed E-state index contributed by atoms with van der Waals surface area (Å²) in [5, 5.41) is 16.5. The molecule has 0 aliphatic heterocycles. The molecule has 0 amide bonds. The number of alkyl halides is 3. The highest BCUT2D eigenvalue weighted by Crippen LogP contribution is 2.43. The molecule has 0 radical (unpaired) electrons. The molecule has 6 N–H and O–H groups in total. The number of aromatic nitrogens is 3. The number of halogens is 3. The normalized spacial score (nSPS) is 18.1. The van der Waals surface area contributed by atoms with E-state index in [1.807, 2.05) is 0 Å². The number of aromatic amines is 1. The van der Waals surface area contributed by atoms with Crippen molar-refractivity contribution in [1.29, 1.82) is 0 Å². The number of rotatable bonds is 11. The summed E-state index contributed by atoms with van der Waals surface area (Å²) >= 11 is 0. The van der Waals surface area contributed by atoms with E-state index >= 15 is 0 Å². The summed E-state index contributed by atoms with van der Waals surface area (Å²) < 4.78 is 60.4. The van der Waals surface area contributed by atoms with Crippen LogP contribution in [0.1, 0.15) is 35.2 Å². The van der Waals surface area contributed by atoms with Crippen LogP contribution in [0.15, 0.2) is 24.5 Å². The van der Waals surface area contributed by atoms with Crippen LogP contribution in [0.4, 0.5) is 19.1 Å². The molecule has 2 heterocycles. The van der Waals surface area contributed by atoms with Gasteiger partial charge in [-0.15, -0.1) is 0 Å². The lowest BCUT2D eigenvalue weighted by molar-refractivity contribution is -0.137. The molecule has 3 aromatic rings. The Morgan fingerprint density at radius 3 is 2.67 bits per heavy atom. The Balaban J connectivity index is 1.64. The van der Waals surface area contributed by atoms with Crippen molar-refractivity contribution >= 4 is 35.3 Å². The number of carbonyl (C=O) groups is 1. The number of nitrogens with one attached hydrogen (secondary N) is 3. The number of fused-ring (bicyclic) bond motifs is 1. The summed E-state index contributed by atoms with van der Waals surface area (Å²) in [5.74, 6) is -1.22. The average molecular weight is 569 g/mol. The monoisotopic (exact) mass is 568 g/mol. The SMILES string of the molecule is CP(C)(=O)c1c(C(=O)O)ccc2c(-c3nc(N[C@H]4CC[C@H](NCCOCCN)C4)ncc3C(F)(F)F)c[nH]c12. The summed E-state index contributed by atoms with van der Waals surface area (Å²) in [7, 11) is -3.13. The largest absolute Gasteiger partial charge is 0.478 e. The van der Waals surface area contributed by atoms with Crippen molar-refractivity contribution in [2.24, 2.45) is 5.73 Å². The van der Waals surface area contributed by atoms with Crippen LogP contribution >= 0.6 is 7.14 Å². The van der Waals surface area contributed by atoms with Gasteiger partial charge in [0.1, 0.15) is 12.7 Å². The number of hydrogen-bond acceptors (Lipinski definition) is 8. The molecule has 0 saturated heterocycles. The van der Waals surface area contributed by atoms with E-state index in [1.165, 1.54) is 31.7 Å². The Hall–Kier alpha value is -2.99. The van der Waals surface area contributed by atoms with Gasteiger partial charge < -0.3 is 35.8 Å². The van der Waals surface area contributed by atoms with Gasteiger partial charge in [-0.1, -0.05) is 6.07 Å². The summed E-state index contributed by atoms with van der Waals surface area (Å²) in [6.45, 7) is 5.01. The van der Waals surface area contributed by atoms with Crippen LogP contribution in [-0.4, -0.2) is 77.7 Å². The first-order valence-corrected chi connectivity index (χ1v) is 15.2. The van der Waals surface area contributed by atoms with Crippen LogP contribution in [-0.2, 0) is 15.5 Å². The van der Waals surface area contributed by atoms with E-state index in [0.29, 0.717) is 26.3 Å². The van der Waals surface area contributed by atoms with Crippen molar-refractivity contribution in [3.63, 3.8) is 0 Å². The minimum Gasteiger partial charge on any atom is -0.478 e. The minimum atomic E-state index is -4.74. The molecule has 14 heteroatoms. The standard InChI is InChI=1S/C25H32F3N6O4P/c1-39(2,37)22-17(23(35)36)6-5-16-18(12-31-21(16)22)20-19(25(26,27)28)13-32-24(34-20)33-15-4-3-14(11-15)30-8-10-38-9-7-29/h5-6,12-15,30-31H,3-4,7-11,29H2,1-2H3,(H,35,36)(H,32,33,34)/t14-,15-/m0/s1. The first kappa shape index (κ1) is 29.0. The number of benzene rings is 1. The molecule has 2 atom stereocenters. The third kappa shape index (κ3) is 6.60. The zero-order valence-corrected chi connectivity index (χ0v) is 22.5. The van der Waals surface area contributed by atoms with E-state index < -0.39 is 24.9 Å². The fourth-order valence-electron chi connectivity index (χ4n) is 4.98. The third-order valence-corrected chi connectivity index (χ3v) is 8.20. The fourth-order valence-corrected chi connectivity index (χ4v) is 6.45. The summed E-state index contributed by atoms with van der Waals surface area (Å²) in [5.41, 5.74) is 4.17. The lowest BCUT2D eigenvalue weighted by atomic mass is 10.0. The molecule has 1 aliphatic carbocycles. The molecule has 0 spiro atoms. The van der Waals surface area contributed by atoms with Crippen molar-refractivity contribution in [2.45, 2.75) is 37.5 Å². The molecule has 4 rings (SSSR count). The van der Waals surface area contributed by atoms with Crippen LogP contribution in [0.2, 0.25) is 0 Å². The minimum absolute atomic E-state index is 0.0317. The molecular formula is C25H32F3N6O4P. The molecular weight excluding hydrogens is 536 g/mol. The van der Waals surface area contributed by atoms with Gasteiger partial charge in [-0.25, -0.2) is 14.8 Å². The third-order valence-electron chi connectivity index (χ3n) is 6.65. The zero-order chi connectivity index (χ0) is 28.4. The van der Waals surface area contributed by atoms with E-state index in [1.54, 1.807) is 0 Å². The van der Waals surface area contributed by atoms with Crippen LogP contribution in [0.5, 0.6) is 0 Å². The Bertz CT molecular complexity index is 1390. The Morgan fingerprint density at radius 1 is 1.26 bits per heavy atom. The molecule has 1 aromatic carbocycles. The van der Waals surface area contributed by atoms with E-state index in [4.69, 9.17) is 10.5 Å². The molecule has 1 aliphatic rings. The zero-order valence-electron chi connectivity index (χ0n) is 21.6. The molecule has 0 unspecified atom stereocenters. The number of anilines is 1. The van der Waals surface area contributed by atoms with Crippen LogP contribution < -0.4 is 21.7 Å². The second kappa shape index (κ2) is 11.6. The predicted molar refractivity (Wildman–Crippen MR) is 143 cm³/mol. The maximum Gasteiger partial charge on any atom is 0.419 e. The second-order valence-electron chi connectivity index (χ2n) is 9.90. The Kier molecular flexibility index (Phi) is 8.65. The molecule has 10 nitrogen and oxygen atoms in total. The van der Waals surface area contributed by atoms with Crippen LogP contribution in [0, 0.1) is 0 Å². The van der Waals surface area contributed by atoms with E-state index in [2.05, 4.69) is 25.6 Å². The lowest BCUT2D eigenvalue weighted by Crippen LogP contribution is -2.31. The van der Waals surface area contributed by atoms with Crippen molar-refractivity contribution in [3.8, 4) is 11.3 Å². The van der Waals surface area contributed by atoms with E-state index in [9.17, 15) is 27.6 Å². The summed E-state index contributed by atoms with van der Waals surface area (Å²) in [6.07, 6.45) is -0.238. The Labute approximate surface area is 223 Å². The van der Waals surface area contributed by atoms with Gasteiger partial charge in [0.2, 0.25) is 5.95 Å². The predicted octanol–water partition coefficient (Wildman–Crippen LogP) is 3.49. The van der Waals surface area contributed by atoms with Crippen LogP contribution in [0.25, 0.3) is 22.2 Å². The number of nitrogens with two attached hydrogens (primary N) is 1. The first-order valence-electron chi connectivity index (χ1n) is 12.6. The van der Waals surface area contributed by atoms with Crippen molar-refractivity contribution in [3.05, 3.63) is 35.7 Å². The van der Waals surface area contributed by atoms with Gasteiger partial charge in [-0.2, -0.15) is 13.2 Å².